The molecule has 0 unspecified atom stereocenters. The molecule has 0 saturated carbocycles. The van der Waals surface area contributed by atoms with Crippen molar-refractivity contribution in [2.75, 3.05) is 0 Å². The first kappa shape index (κ1) is 14.8. The average Bonchev–Trinajstić information content (AvgIpc) is 2.88. The van der Waals surface area contributed by atoms with Crippen molar-refractivity contribution in [2.24, 2.45) is 5.10 Å². The van der Waals surface area contributed by atoms with Crippen molar-refractivity contribution in [3.05, 3.63) is 70.7 Å². The van der Waals surface area contributed by atoms with Gasteiger partial charge in [0, 0.05) is 23.9 Å². The van der Waals surface area contributed by atoms with Crippen LogP contribution in [0.4, 0.5) is 0 Å². The summed E-state index contributed by atoms with van der Waals surface area (Å²) in [5, 5.41) is 17.1. The van der Waals surface area contributed by atoms with E-state index in [4.69, 9.17) is 11.6 Å². The van der Waals surface area contributed by atoms with Gasteiger partial charge in [-0.1, -0.05) is 54.1 Å². The van der Waals surface area contributed by atoms with Gasteiger partial charge in [-0.25, -0.2) is 0 Å². The van der Waals surface area contributed by atoms with Crippen molar-refractivity contribution in [3.63, 3.8) is 0 Å². The molecule has 0 bridgehead atoms. The van der Waals surface area contributed by atoms with Gasteiger partial charge in [-0.05, 0) is 17.7 Å². The molecule has 0 spiro atoms. The van der Waals surface area contributed by atoms with Crippen LogP contribution in [0.5, 0.6) is 0 Å². The minimum Gasteiger partial charge on any atom is -0.365 e. The molecule has 1 heterocycles. The van der Waals surface area contributed by atoms with E-state index in [1.807, 2.05) is 30.3 Å². The summed E-state index contributed by atoms with van der Waals surface area (Å²) in [5.41, 5.74) is 0.662. The summed E-state index contributed by atoms with van der Waals surface area (Å²) in [5.74, 6) is -0.316. The van der Waals surface area contributed by atoms with Crippen LogP contribution in [0.1, 0.15) is 24.5 Å². The molecule has 1 amide bonds. The topological polar surface area (TPSA) is 52.9 Å². The van der Waals surface area contributed by atoms with Crippen LogP contribution >= 0.6 is 11.6 Å². The highest BCUT2D eigenvalue weighted by Gasteiger charge is 2.44. The molecule has 2 aromatic rings. The van der Waals surface area contributed by atoms with Gasteiger partial charge in [-0.2, -0.15) is 10.1 Å². The number of hydrazone groups is 1. The van der Waals surface area contributed by atoms with Gasteiger partial charge in [0.05, 0.1) is 5.71 Å². The van der Waals surface area contributed by atoms with Gasteiger partial charge in [-0.15, -0.1) is 0 Å². The Bertz CT molecular complexity index is 728. The number of amides is 1. The Morgan fingerprint density at radius 2 is 1.82 bits per heavy atom. The van der Waals surface area contributed by atoms with Crippen LogP contribution in [-0.4, -0.2) is 21.7 Å². The molecule has 112 valence electrons. The zero-order valence-corrected chi connectivity index (χ0v) is 12.8. The first-order valence-corrected chi connectivity index (χ1v) is 7.30. The van der Waals surface area contributed by atoms with Crippen LogP contribution in [0.25, 0.3) is 0 Å². The number of halogens is 1. The third-order valence-electron chi connectivity index (χ3n) is 3.70. The largest absolute Gasteiger partial charge is 0.365 e. The number of hydrogen-bond donors (Lipinski definition) is 1. The second-order valence-corrected chi connectivity index (χ2v) is 5.68. The number of hydrogen-bond acceptors (Lipinski definition) is 3. The Hall–Kier alpha value is -2.17. The Labute approximate surface area is 133 Å². The molecule has 4 nitrogen and oxygen atoms in total. The van der Waals surface area contributed by atoms with E-state index < -0.39 is 5.72 Å². The molecule has 2 aromatic carbocycles. The van der Waals surface area contributed by atoms with Gasteiger partial charge in [0.15, 0.2) is 5.72 Å². The number of rotatable bonds is 2. The normalized spacial score (nSPS) is 20.9. The Morgan fingerprint density at radius 1 is 1.18 bits per heavy atom. The summed E-state index contributed by atoms with van der Waals surface area (Å²) in [4.78, 5) is 11.9. The van der Waals surface area contributed by atoms with E-state index in [0.29, 0.717) is 16.3 Å². The van der Waals surface area contributed by atoms with Crippen LogP contribution in [0.15, 0.2) is 59.7 Å². The fourth-order valence-electron chi connectivity index (χ4n) is 2.61. The molecular formula is C17H15ClN2O2. The summed E-state index contributed by atoms with van der Waals surface area (Å²) >= 11 is 5.90. The number of aliphatic hydroxyl groups is 1. The van der Waals surface area contributed by atoms with E-state index in [0.717, 1.165) is 10.6 Å². The molecule has 0 fully saturated rings. The molecule has 1 N–H and O–H groups in total. The zero-order valence-electron chi connectivity index (χ0n) is 12.0. The van der Waals surface area contributed by atoms with Crippen molar-refractivity contribution >= 4 is 23.2 Å². The molecule has 22 heavy (non-hydrogen) atoms. The zero-order chi connectivity index (χ0) is 15.7. The van der Waals surface area contributed by atoms with Crippen LogP contribution in [0.2, 0.25) is 5.02 Å². The van der Waals surface area contributed by atoms with E-state index >= 15 is 0 Å². The Kier molecular flexibility index (Phi) is 3.72. The molecule has 0 radical (unpaired) electrons. The summed E-state index contributed by atoms with van der Waals surface area (Å²) in [6.07, 6.45) is 0.234. The molecule has 1 aliphatic heterocycles. The van der Waals surface area contributed by atoms with Crippen molar-refractivity contribution in [1.82, 2.24) is 5.01 Å². The molecule has 0 aliphatic carbocycles. The highest BCUT2D eigenvalue weighted by atomic mass is 35.5. The summed E-state index contributed by atoms with van der Waals surface area (Å²) < 4.78 is 0. The van der Waals surface area contributed by atoms with Crippen LogP contribution in [-0.2, 0) is 10.5 Å². The third kappa shape index (κ3) is 2.51. The highest BCUT2D eigenvalue weighted by Crippen LogP contribution is 2.37. The van der Waals surface area contributed by atoms with Crippen LogP contribution in [0.3, 0.4) is 0 Å². The second-order valence-electron chi connectivity index (χ2n) is 5.24. The average molecular weight is 315 g/mol. The minimum atomic E-state index is -1.48. The van der Waals surface area contributed by atoms with Gasteiger partial charge < -0.3 is 5.11 Å². The van der Waals surface area contributed by atoms with Crippen molar-refractivity contribution in [3.8, 4) is 0 Å². The van der Waals surface area contributed by atoms with Crippen molar-refractivity contribution < 1.29 is 9.90 Å². The van der Waals surface area contributed by atoms with Gasteiger partial charge in [0.25, 0.3) is 0 Å². The number of carbonyl (C=O) groups is 1. The SMILES string of the molecule is CC(=O)N1N=C(c2ccccc2)C[C@]1(O)c1ccc(Cl)cc1. The van der Waals surface area contributed by atoms with E-state index in [2.05, 4.69) is 5.10 Å². The van der Waals surface area contributed by atoms with Crippen LogP contribution in [0, 0.1) is 0 Å². The second kappa shape index (κ2) is 5.55. The summed E-state index contributed by atoms with van der Waals surface area (Å²) in [6, 6.07) is 16.3. The van der Waals surface area contributed by atoms with Crippen molar-refractivity contribution in [2.45, 2.75) is 19.1 Å². The lowest BCUT2D eigenvalue weighted by Crippen LogP contribution is -2.42. The summed E-state index contributed by atoms with van der Waals surface area (Å²) in [7, 11) is 0. The first-order chi connectivity index (χ1) is 10.5. The molecule has 0 aromatic heterocycles. The predicted octanol–water partition coefficient (Wildman–Crippen LogP) is 3.14. The maximum atomic E-state index is 11.9. The molecule has 1 atom stereocenters. The van der Waals surface area contributed by atoms with E-state index in [1.165, 1.54) is 6.92 Å². The predicted molar refractivity (Wildman–Crippen MR) is 85.5 cm³/mol. The number of nitrogens with zero attached hydrogens (tertiary/aromatic N) is 2. The Balaban J connectivity index is 2.02. The first-order valence-electron chi connectivity index (χ1n) is 6.93. The smallest absolute Gasteiger partial charge is 0.242 e. The Morgan fingerprint density at radius 3 is 2.41 bits per heavy atom. The maximum absolute atomic E-state index is 11.9. The van der Waals surface area contributed by atoms with Gasteiger partial charge >= 0.3 is 0 Å². The highest BCUT2D eigenvalue weighted by molar-refractivity contribution is 6.30. The number of carbonyl (C=O) groups excluding carboxylic acids is 1. The van der Waals surface area contributed by atoms with E-state index in [-0.39, 0.29) is 12.3 Å². The van der Waals surface area contributed by atoms with Gasteiger partial charge in [0.1, 0.15) is 0 Å². The lowest BCUT2D eigenvalue weighted by molar-refractivity contribution is -0.155. The fourth-order valence-corrected chi connectivity index (χ4v) is 2.74. The lowest BCUT2D eigenvalue weighted by Gasteiger charge is -2.30. The quantitative estimate of drug-likeness (QED) is 0.926. The van der Waals surface area contributed by atoms with Gasteiger partial charge in [-0.3, -0.25) is 4.79 Å². The molecule has 5 heteroatoms. The number of benzene rings is 2. The standard InChI is InChI=1S/C17H15ClN2O2/c1-12(21)20-17(22,14-7-9-15(18)10-8-14)11-16(19-20)13-5-3-2-4-6-13/h2-10,22H,11H2,1H3/t17-/m0/s1. The monoisotopic (exact) mass is 314 g/mol. The van der Waals surface area contributed by atoms with Gasteiger partial charge in [0.2, 0.25) is 5.91 Å². The molecule has 1 aliphatic rings. The molecule has 0 saturated heterocycles. The van der Waals surface area contributed by atoms with E-state index in [9.17, 15) is 9.90 Å². The fraction of sp³-hybridized carbons (Fsp3) is 0.176. The van der Waals surface area contributed by atoms with Crippen LogP contribution < -0.4 is 0 Å². The lowest BCUT2D eigenvalue weighted by atomic mass is 9.95. The third-order valence-corrected chi connectivity index (χ3v) is 3.95. The molecule has 3 rings (SSSR count). The summed E-state index contributed by atoms with van der Waals surface area (Å²) in [6.45, 7) is 1.39. The maximum Gasteiger partial charge on any atom is 0.242 e. The van der Waals surface area contributed by atoms with E-state index in [1.54, 1.807) is 24.3 Å². The van der Waals surface area contributed by atoms with Crippen molar-refractivity contribution in [1.29, 1.82) is 0 Å². The minimum absolute atomic E-state index is 0.234. The molecular weight excluding hydrogens is 300 g/mol.